The van der Waals surface area contributed by atoms with Crippen LogP contribution in [0.3, 0.4) is 0 Å². The van der Waals surface area contributed by atoms with Gasteiger partial charge < -0.3 is 14.8 Å². The summed E-state index contributed by atoms with van der Waals surface area (Å²) < 4.78 is 1.74. The first-order valence-corrected chi connectivity index (χ1v) is 8.28. The van der Waals surface area contributed by atoms with E-state index in [1.807, 2.05) is 18.7 Å². The highest BCUT2D eigenvalue weighted by molar-refractivity contribution is 5.92. The van der Waals surface area contributed by atoms with Crippen molar-refractivity contribution in [1.82, 2.24) is 29.7 Å². The van der Waals surface area contributed by atoms with E-state index in [0.717, 1.165) is 12.8 Å². The zero-order chi connectivity index (χ0) is 18.0. The molecular formula is C17H22N6O2. The van der Waals surface area contributed by atoms with Crippen molar-refractivity contribution >= 4 is 11.8 Å². The van der Waals surface area contributed by atoms with Gasteiger partial charge in [-0.1, -0.05) is 0 Å². The van der Waals surface area contributed by atoms with Crippen LogP contribution in [0.25, 0.3) is 0 Å². The lowest BCUT2D eigenvalue weighted by Crippen LogP contribution is -2.45. The first kappa shape index (κ1) is 17.1. The van der Waals surface area contributed by atoms with E-state index in [1.165, 1.54) is 0 Å². The van der Waals surface area contributed by atoms with E-state index < -0.39 is 5.54 Å². The molecule has 0 aliphatic carbocycles. The Morgan fingerprint density at radius 1 is 1.36 bits per heavy atom. The molecule has 8 heteroatoms. The summed E-state index contributed by atoms with van der Waals surface area (Å²) in [5.41, 5.74) is 0.408. The van der Waals surface area contributed by atoms with Gasteiger partial charge in [0.15, 0.2) is 5.82 Å². The highest BCUT2D eigenvalue weighted by atomic mass is 16.2. The van der Waals surface area contributed by atoms with Crippen LogP contribution in [-0.4, -0.2) is 49.8 Å². The lowest BCUT2D eigenvalue weighted by atomic mass is 9.97. The molecule has 1 aliphatic heterocycles. The van der Waals surface area contributed by atoms with Crippen LogP contribution in [0.5, 0.6) is 0 Å². The van der Waals surface area contributed by atoms with Gasteiger partial charge in [-0.3, -0.25) is 9.59 Å². The molecule has 25 heavy (non-hydrogen) atoms. The van der Waals surface area contributed by atoms with E-state index in [-0.39, 0.29) is 18.4 Å². The van der Waals surface area contributed by atoms with Crippen LogP contribution in [-0.2, 0) is 16.9 Å². The van der Waals surface area contributed by atoms with E-state index >= 15 is 0 Å². The molecule has 0 saturated carbocycles. The Kier molecular flexibility index (Phi) is 4.52. The van der Waals surface area contributed by atoms with E-state index in [2.05, 4.69) is 20.3 Å². The zero-order valence-electron chi connectivity index (χ0n) is 14.7. The normalized spacial score (nSPS) is 19.9. The average molecular weight is 342 g/mol. The van der Waals surface area contributed by atoms with Crippen LogP contribution in [0.2, 0.25) is 0 Å². The van der Waals surface area contributed by atoms with Gasteiger partial charge >= 0.3 is 0 Å². The van der Waals surface area contributed by atoms with Gasteiger partial charge in [-0.25, -0.2) is 15.0 Å². The largest absolute Gasteiger partial charge is 0.354 e. The molecule has 0 unspecified atom stereocenters. The summed E-state index contributed by atoms with van der Waals surface area (Å²) in [6.07, 6.45) is 6.67. The van der Waals surface area contributed by atoms with Crippen LogP contribution >= 0.6 is 0 Å². The second-order valence-corrected chi connectivity index (χ2v) is 6.46. The van der Waals surface area contributed by atoms with Crippen LogP contribution in [0.4, 0.5) is 0 Å². The predicted octanol–water partition coefficient (Wildman–Crippen LogP) is 0.879. The number of rotatable bonds is 4. The summed E-state index contributed by atoms with van der Waals surface area (Å²) in [5.74, 6) is 0.247. The fraction of sp³-hybridized carbons (Fsp3) is 0.471. The minimum Gasteiger partial charge on any atom is -0.354 e. The maximum atomic E-state index is 12.8. The molecule has 8 nitrogen and oxygen atoms in total. The summed E-state index contributed by atoms with van der Waals surface area (Å²) >= 11 is 0. The van der Waals surface area contributed by atoms with Crippen LogP contribution < -0.4 is 5.32 Å². The molecule has 2 aromatic heterocycles. The summed E-state index contributed by atoms with van der Waals surface area (Å²) in [7, 11) is 1.57. The Morgan fingerprint density at radius 3 is 2.84 bits per heavy atom. The maximum absolute atomic E-state index is 12.8. The fourth-order valence-electron chi connectivity index (χ4n) is 3.27. The molecule has 3 rings (SSSR count). The third kappa shape index (κ3) is 3.24. The molecule has 3 heterocycles. The Hall–Kier alpha value is -2.77. The number of carbonyl (C=O) groups is 2. The summed E-state index contributed by atoms with van der Waals surface area (Å²) in [6.45, 7) is 4.67. The average Bonchev–Trinajstić information content (AvgIpc) is 3.23. The minimum absolute atomic E-state index is 0.00963. The second kappa shape index (κ2) is 6.62. The number of nitrogens with zero attached hydrogens (tertiary/aromatic N) is 5. The van der Waals surface area contributed by atoms with Crippen molar-refractivity contribution in [3.63, 3.8) is 0 Å². The summed E-state index contributed by atoms with van der Waals surface area (Å²) in [6, 6.07) is 1.65. The molecular weight excluding hydrogens is 320 g/mol. The Morgan fingerprint density at radius 2 is 2.16 bits per heavy atom. The first-order valence-electron chi connectivity index (χ1n) is 8.28. The molecule has 0 aromatic carbocycles. The molecule has 0 spiro atoms. The molecule has 0 radical (unpaired) electrons. The van der Waals surface area contributed by atoms with Crippen molar-refractivity contribution < 1.29 is 9.59 Å². The molecule has 1 atom stereocenters. The fourth-order valence-corrected chi connectivity index (χ4v) is 3.27. The molecule has 132 valence electrons. The predicted molar refractivity (Wildman–Crippen MR) is 90.7 cm³/mol. The topological polar surface area (TPSA) is 93.0 Å². The van der Waals surface area contributed by atoms with Gasteiger partial charge in [0.2, 0.25) is 5.91 Å². The number of likely N-dealkylation sites (tertiary alicyclic amines) is 1. The molecule has 1 N–H and O–H groups in total. The number of aromatic nitrogens is 4. The van der Waals surface area contributed by atoms with Gasteiger partial charge in [0.25, 0.3) is 5.91 Å². The second-order valence-electron chi connectivity index (χ2n) is 6.46. The SMILES string of the molecule is CNC(=O)c1cc(C)nc([C@]2(C)CCCN2C(=O)Cn2ccnc2)n1. The number of imidazole rings is 1. The summed E-state index contributed by atoms with van der Waals surface area (Å²) in [5, 5.41) is 2.58. The molecule has 2 amide bonds. The molecule has 1 aliphatic rings. The third-order valence-corrected chi connectivity index (χ3v) is 4.61. The monoisotopic (exact) mass is 342 g/mol. The lowest BCUT2D eigenvalue weighted by molar-refractivity contribution is -0.136. The van der Waals surface area contributed by atoms with Gasteiger partial charge in [0, 0.05) is 31.7 Å². The van der Waals surface area contributed by atoms with Crippen molar-refractivity contribution in [1.29, 1.82) is 0 Å². The number of carbonyl (C=O) groups excluding carboxylic acids is 2. The number of nitrogens with one attached hydrogen (secondary N) is 1. The van der Waals surface area contributed by atoms with Crippen molar-refractivity contribution in [2.45, 2.75) is 38.8 Å². The van der Waals surface area contributed by atoms with Crippen molar-refractivity contribution in [2.24, 2.45) is 0 Å². The van der Waals surface area contributed by atoms with Crippen LogP contribution in [0.1, 0.15) is 41.8 Å². The molecule has 1 fully saturated rings. The van der Waals surface area contributed by atoms with Gasteiger partial charge in [0.1, 0.15) is 12.2 Å². The van der Waals surface area contributed by atoms with Gasteiger partial charge in [-0.15, -0.1) is 0 Å². The van der Waals surface area contributed by atoms with E-state index in [9.17, 15) is 9.59 Å². The third-order valence-electron chi connectivity index (χ3n) is 4.61. The smallest absolute Gasteiger partial charge is 0.269 e. The number of hydrogen-bond acceptors (Lipinski definition) is 5. The maximum Gasteiger partial charge on any atom is 0.269 e. The van der Waals surface area contributed by atoms with Crippen LogP contribution in [0.15, 0.2) is 24.8 Å². The zero-order valence-corrected chi connectivity index (χ0v) is 14.7. The van der Waals surface area contributed by atoms with E-state index in [4.69, 9.17) is 0 Å². The quantitative estimate of drug-likeness (QED) is 0.890. The highest BCUT2D eigenvalue weighted by Gasteiger charge is 2.43. The lowest BCUT2D eigenvalue weighted by Gasteiger charge is -2.34. The van der Waals surface area contributed by atoms with Crippen molar-refractivity contribution in [3.05, 3.63) is 42.0 Å². The number of amides is 2. The number of aryl methyl sites for hydroxylation is 1. The standard InChI is InChI=1S/C17H22N6O2/c1-12-9-13(15(25)18-3)21-16(20-12)17(2)5-4-7-23(17)14(24)10-22-8-6-19-11-22/h6,8-9,11H,4-5,7,10H2,1-3H3,(H,18,25)/t17-/m0/s1. The molecule has 2 aromatic rings. The van der Waals surface area contributed by atoms with E-state index in [0.29, 0.717) is 23.8 Å². The van der Waals surface area contributed by atoms with Gasteiger partial charge in [-0.2, -0.15) is 0 Å². The van der Waals surface area contributed by atoms with Crippen molar-refractivity contribution in [3.8, 4) is 0 Å². The van der Waals surface area contributed by atoms with Crippen molar-refractivity contribution in [2.75, 3.05) is 13.6 Å². The van der Waals surface area contributed by atoms with Gasteiger partial charge in [-0.05, 0) is 32.8 Å². The van der Waals surface area contributed by atoms with E-state index in [1.54, 1.807) is 36.4 Å². The minimum atomic E-state index is -0.619. The molecule has 1 saturated heterocycles. The highest BCUT2D eigenvalue weighted by Crippen LogP contribution is 2.37. The summed E-state index contributed by atoms with van der Waals surface area (Å²) in [4.78, 5) is 39.5. The number of hydrogen-bond donors (Lipinski definition) is 1. The Labute approximate surface area is 146 Å². The molecule has 0 bridgehead atoms. The Bertz CT molecular complexity index is 788. The first-order chi connectivity index (χ1) is 11.9. The van der Waals surface area contributed by atoms with Crippen LogP contribution in [0, 0.1) is 6.92 Å². The van der Waals surface area contributed by atoms with Gasteiger partial charge in [0.05, 0.1) is 11.9 Å². The Balaban J connectivity index is 1.92.